The highest BCUT2D eigenvalue weighted by Gasteiger charge is 2.26. The van der Waals surface area contributed by atoms with Gasteiger partial charge in [-0.2, -0.15) is 14.8 Å². The smallest absolute Gasteiger partial charge is 0.207 e. The SMILES string of the molecule is CCN(CC(C)C#N)S(=O)(=O)c1ccc(C#N)cc1Cl. The van der Waals surface area contributed by atoms with E-state index in [1.165, 1.54) is 22.5 Å². The summed E-state index contributed by atoms with van der Waals surface area (Å²) in [5.41, 5.74) is 0.294. The molecule has 1 aromatic rings. The maximum atomic E-state index is 12.5. The van der Waals surface area contributed by atoms with Crippen LogP contribution in [0.1, 0.15) is 19.4 Å². The van der Waals surface area contributed by atoms with E-state index < -0.39 is 15.9 Å². The molecule has 0 amide bonds. The van der Waals surface area contributed by atoms with Crippen molar-refractivity contribution in [3.8, 4) is 12.1 Å². The molecule has 0 spiro atoms. The van der Waals surface area contributed by atoms with Crippen molar-refractivity contribution in [2.75, 3.05) is 13.1 Å². The minimum atomic E-state index is -3.77. The molecule has 0 radical (unpaired) electrons. The lowest BCUT2D eigenvalue weighted by molar-refractivity contribution is 0.400. The standard InChI is InChI=1S/C13H14ClN3O2S/c1-3-17(9-10(2)7-15)20(18,19)13-5-4-11(8-16)6-12(13)14/h4-6,10H,3,9H2,1-2H3. The molecule has 0 aliphatic rings. The summed E-state index contributed by atoms with van der Waals surface area (Å²) < 4.78 is 26.2. The van der Waals surface area contributed by atoms with Gasteiger partial charge in [-0.1, -0.05) is 18.5 Å². The highest BCUT2D eigenvalue weighted by molar-refractivity contribution is 7.89. The van der Waals surface area contributed by atoms with Gasteiger partial charge >= 0.3 is 0 Å². The van der Waals surface area contributed by atoms with Crippen LogP contribution in [0.15, 0.2) is 23.1 Å². The van der Waals surface area contributed by atoms with Crippen molar-refractivity contribution in [3.05, 3.63) is 28.8 Å². The molecule has 0 N–H and O–H groups in total. The van der Waals surface area contributed by atoms with E-state index in [1.807, 2.05) is 12.1 Å². The molecule has 7 heteroatoms. The van der Waals surface area contributed by atoms with E-state index in [0.29, 0.717) is 5.56 Å². The number of hydrogen-bond donors (Lipinski definition) is 0. The summed E-state index contributed by atoms with van der Waals surface area (Å²) in [4.78, 5) is -0.0508. The Morgan fingerprint density at radius 1 is 1.40 bits per heavy atom. The van der Waals surface area contributed by atoms with Crippen LogP contribution in [-0.4, -0.2) is 25.8 Å². The fourth-order valence-corrected chi connectivity index (χ4v) is 3.72. The number of halogens is 1. The molecule has 0 saturated carbocycles. The Morgan fingerprint density at radius 2 is 2.05 bits per heavy atom. The van der Waals surface area contributed by atoms with Crippen molar-refractivity contribution in [3.63, 3.8) is 0 Å². The van der Waals surface area contributed by atoms with Gasteiger partial charge in [0.15, 0.2) is 0 Å². The van der Waals surface area contributed by atoms with Gasteiger partial charge in [0, 0.05) is 13.1 Å². The van der Waals surface area contributed by atoms with Crippen LogP contribution >= 0.6 is 11.6 Å². The molecular weight excluding hydrogens is 298 g/mol. The Kier molecular flexibility index (Phi) is 5.52. The van der Waals surface area contributed by atoms with Crippen molar-refractivity contribution in [2.45, 2.75) is 18.7 Å². The van der Waals surface area contributed by atoms with E-state index in [1.54, 1.807) is 13.8 Å². The summed E-state index contributed by atoms with van der Waals surface area (Å²) in [6.07, 6.45) is 0. The average molecular weight is 312 g/mol. The second-order valence-corrected chi connectivity index (χ2v) is 6.56. The first-order valence-electron chi connectivity index (χ1n) is 5.96. The summed E-state index contributed by atoms with van der Waals surface area (Å²) in [5.74, 6) is -0.415. The summed E-state index contributed by atoms with van der Waals surface area (Å²) >= 11 is 5.94. The Bertz CT molecular complexity index is 674. The Balaban J connectivity index is 3.22. The summed E-state index contributed by atoms with van der Waals surface area (Å²) in [6, 6.07) is 7.93. The van der Waals surface area contributed by atoms with E-state index in [9.17, 15) is 8.42 Å². The Labute approximate surface area is 124 Å². The molecule has 5 nitrogen and oxygen atoms in total. The number of sulfonamides is 1. The predicted octanol–water partition coefficient (Wildman–Crippen LogP) is 2.38. The van der Waals surface area contributed by atoms with Gasteiger partial charge in [0.2, 0.25) is 10.0 Å². The summed E-state index contributed by atoms with van der Waals surface area (Å²) in [5, 5.41) is 17.6. The molecular formula is C13H14ClN3O2S. The van der Waals surface area contributed by atoms with Crippen molar-refractivity contribution in [2.24, 2.45) is 5.92 Å². The molecule has 0 saturated heterocycles. The van der Waals surface area contributed by atoms with Gasteiger partial charge in [0.05, 0.1) is 28.6 Å². The van der Waals surface area contributed by atoms with Crippen LogP contribution in [0, 0.1) is 28.6 Å². The third kappa shape index (κ3) is 3.49. The van der Waals surface area contributed by atoms with E-state index in [2.05, 4.69) is 0 Å². The van der Waals surface area contributed by atoms with Gasteiger partial charge in [-0.05, 0) is 25.1 Å². The lowest BCUT2D eigenvalue weighted by Crippen LogP contribution is -2.34. The molecule has 0 aromatic heterocycles. The largest absolute Gasteiger partial charge is 0.244 e. The van der Waals surface area contributed by atoms with Gasteiger partial charge in [0.1, 0.15) is 4.90 Å². The Morgan fingerprint density at radius 3 is 2.50 bits per heavy atom. The van der Waals surface area contributed by atoms with Gasteiger partial charge in [-0.3, -0.25) is 0 Å². The zero-order valence-corrected chi connectivity index (χ0v) is 12.7. The van der Waals surface area contributed by atoms with Gasteiger partial charge in [-0.25, -0.2) is 8.42 Å². The zero-order chi connectivity index (χ0) is 15.3. The van der Waals surface area contributed by atoms with E-state index >= 15 is 0 Å². The first-order chi connectivity index (χ1) is 9.36. The minimum Gasteiger partial charge on any atom is -0.207 e. The van der Waals surface area contributed by atoms with E-state index in [0.717, 1.165) is 0 Å². The second kappa shape index (κ2) is 6.71. The monoisotopic (exact) mass is 311 g/mol. The average Bonchev–Trinajstić information content (AvgIpc) is 2.43. The van der Waals surface area contributed by atoms with Crippen LogP contribution in [0.5, 0.6) is 0 Å². The maximum Gasteiger partial charge on any atom is 0.244 e. The molecule has 0 bridgehead atoms. The van der Waals surface area contributed by atoms with Crippen LogP contribution in [0.4, 0.5) is 0 Å². The minimum absolute atomic E-state index is 0.00658. The maximum absolute atomic E-state index is 12.5. The van der Waals surface area contributed by atoms with Crippen LogP contribution in [-0.2, 0) is 10.0 Å². The second-order valence-electron chi connectivity index (χ2n) is 4.24. The third-order valence-corrected chi connectivity index (χ3v) is 5.15. The van der Waals surface area contributed by atoms with Crippen molar-refractivity contribution in [1.29, 1.82) is 10.5 Å². The first kappa shape index (κ1) is 16.5. The normalized spacial score (nSPS) is 12.7. The fraction of sp³-hybridized carbons (Fsp3) is 0.385. The van der Waals surface area contributed by atoms with Crippen LogP contribution in [0.2, 0.25) is 5.02 Å². The van der Waals surface area contributed by atoms with E-state index in [-0.39, 0.29) is 23.0 Å². The van der Waals surface area contributed by atoms with Crippen molar-refractivity contribution < 1.29 is 8.42 Å². The third-order valence-electron chi connectivity index (χ3n) is 2.73. The highest BCUT2D eigenvalue weighted by atomic mass is 35.5. The van der Waals surface area contributed by atoms with Crippen LogP contribution < -0.4 is 0 Å². The molecule has 1 aromatic carbocycles. The number of rotatable bonds is 5. The molecule has 0 heterocycles. The molecule has 106 valence electrons. The molecule has 0 aliphatic heterocycles. The van der Waals surface area contributed by atoms with Gasteiger partial charge in [0.25, 0.3) is 0 Å². The first-order valence-corrected chi connectivity index (χ1v) is 7.78. The lowest BCUT2D eigenvalue weighted by Gasteiger charge is -2.22. The predicted molar refractivity (Wildman–Crippen MR) is 75.4 cm³/mol. The quantitative estimate of drug-likeness (QED) is 0.835. The van der Waals surface area contributed by atoms with Gasteiger partial charge < -0.3 is 0 Å². The number of benzene rings is 1. The number of nitrogens with zero attached hydrogens (tertiary/aromatic N) is 3. The number of nitriles is 2. The lowest BCUT2D eigenvalue weighted by atomic mass is 10.2. The molecule has 0 aliphatic carbocycles. The van der Waals surface area contributed by atoms with Crippen LogP contribution in [0.25, 0.3) is 0 Å². The van der Waals surface area contributed by atoms with E-state index in [4.69, 9.17) is 22.1 Å². The summed E-state index contributed by atoms with van der Waals surface area (Å²) in [6.45, 7) is 3.69. The molecule has 1 unspecified atom stereocenters. The van der Waals surface area contributed by atoms with Crippen molar-refractivity contribution in [1.82, 2.24) is 4.31 Å². The number of hydrogen-bond acceptors (Lipinski definition) is 4. The topological polar surface area (TPSA) is 85.0 Å². The molecule has 0 fully saturated rings. The summed E-state index contributed by atoms with van der Waals surface area (Å²) in [7, 11) is -3.77. The van der Waals surface area contributed by atoms with Crippen LogP contribution in [0.3, 0.4) is 0 Å². The molecule has 1 rings (SSSR count). The Hall–Kier alpha value is -1.60. The van der Waals surface area contributed by atoms with Crippen molar-refractivity contribution >= 4 is 21.6 Å². The fourth-order valence-electron chi connectivity index (χ4n) is 1.66. The zero-order valence-electron chi connectivity index (χ0n) is 11.2. The van der Waals surface area contributed by atoms with Gasteiger partial charge in [-0.15, -0.1) is 0 Å². The highest BCUT2D eigenvalue weighted by Crippen LogP contribution is 2.26. The molecule has 1 atom stereocenters. The molecule has 20 heavy (non-hydrogen) atoms.